The van der Waals surface area contributed by atoms with Gasteiger partial charge in [0, 0.05) is 10.2 Å². The number of anilines is 1. The Labute approximate surface area is 155 Å². The van der Waals surface area contributed by atoms with E-state index in [0.717, 1.165) is 4.47 Å². The molecule has 1 amide bonds. The number of ether oxygens (including phenoxy) is 1. The van der Waals surface area contributed by atoms with Crippen molar-refractivity contribution >= 4 is 37.5 Å². The predicted octanol–water partition coefficient (Wildman–Crippen LogP) is 3.15. The minimum absolute atomic E-state index is 0.0687. The van der Waals surface area contributed by atoms with Gasteiger partial charge in [0.15, 0.2) is 0 Å². The van der Waals surface area contributed by atoms with Crippen LogP contribution in [0, 0.1) is 0 Å². The number of rotatable bonds is 7. The van der Waals surface area contributed by atoms with Gasteiger partial charge in [-0.15, -0.1) is 0 Å². The van der Waals surface area contributed by atoms with E-state index in [1.807, 2.05) is 6.92 Å². The molecule has 134 valence electrons. The van der Waals surface area contributed by atoms with Crippen molar-refractivity contribution in [1.82, 2.24) is 4.72 Å². The maximum absolute atomic E-state index is 12.4. The summed E-state index contributed by atoms with van der Waals surface area (Å²) in [5.74, 6) is 0.138. The van der Waals surface area contributed by atoms with Crippen molar-refractivity contribution in [3.8, 4) is 5.75 Å². The zero-order chi connectivity index (χ0) is 18.4. The molecule has 2 aromatic rings. The molecule has 0 aliphatic carbocycles. The topological polar surface area (TPSA) is 84.5 Å². The lowest BCUT2D eigenvalue weighted by Crippen LogP contribution is -2.41. The molecule has 2 rings (SSSR count). The van der Waals surface area contributed by atoms with Crippen LogP contribution in [-0.4, -0.2) is 27.0 Å². The Bertz CT molecular complexity index is 821. The molecule has 0 aliphatic rings. The highest BCUT2D eigenvalue weighted by Crippen LogP contribution is 2.17. The zero-order valence-electron chi connectivity index (χ0n) is 13.8. The number of carbonyl (C=O) groups excluding carboxylic acids is 1. The number of amides is 1. The van der Waals surface area contributed by atoms with Crippen LogP contribution in [0.1, 0.15) is 13.8 Å². The van der Waals surface area contributed by atoms with E-state index in [-0.39, 0.29) is 4.90 Å². The predicted molar refractivity (Wildman–Crippen MR) is 100 cm³/mol. The van der Waals surface area contributed by atoms with E-state index in [9.17, 15) is 13.2 Å². The van der Waals surface area contributed by atoms with Gasteiger partial charge in [0.1, 0.15) is 5.75 Å². The normalized spacial score (nSPS) is 12.4. The molecule has 2 aromatic carbocycles. The van der Waals surface area contributed by atoms with Crippen molar-refractivity contribution in [2.24, 2.45) is 0 Å². The van der Waals surface area contributed by atoms with Crippen LogP contribution >= 0.6 is 15.9 Å². The molecule has 0 unspecified atom stereocenters. The fourth-order valence-electron chi connectivity index (χ4n) is 2.02. The molecule has 25 heavy (non-hydrogen) atoms. The van der Waals surface area contributed by atoms with Crippen LogP contribution in [0.2, 0.25) is 0 Å². The molecule has 6 nitrogen and oxygen atoms in total. The van der Waals surface area contributed by atoms with Crippen LogP contribution in [0.3, 0.4) is 0 Å². The third kappa shape index (κ3) is 5.55. The van der Waals surface area contributed by atoms with Gasteiger partial charge in [-0.3, -0.25) is 4.79 Å². The molecular weight excluding hydrogens is 408 g/mol. The number of sulfonamides is 1. The van der Waals surface area contributed by atoms with Crippen LogP contribution < -0.4 is 14.8 Å². The van der Waals surface area contributed by atoms with Gasteiger partial charge in [-0.05, 0) is 62.4 Å². The zero-order valence-corrected chi connectivity index (χ0v) is 16.2. The second-order valence-electron chi connectivity index (χ2n) is 5.24. The summed E-state index contributed by atoms with van der Waals surface area (Å²) in [4.78, 5) is 12.2. The van der Waals surface area contributed by atoms with E-state index in [1.54, 1.807) is 36.4 Å². The molecule has 0 radical (unpaired) electrons. The Balaban J connectivity index is 2.03. The van der Waals surface area contributed by atoms with Gasteiger partial charge in [0.05, 0.1) is 17.5 Å². The molecule has 0 spiro atoms. The van der Waals surface area contributed by atoms with Crippen molar-refractivity contribution in [1.29, 1.82) is 0 Å². The van der Waals surface area contributed by atoms with Gasteiger partial charge in [0.2, 0.25) is 15.9 Å². The number of halogens is 1. The molecule has 0 aromatic heterocycles. The van der Waals surface area contributed by atoms with Gasteiger partial charge >= 0.3 is 0 Å². The number of hydrogen-bond donors (Lipinski definition) is 2. The SMILES string of the molecule is CCOc1ccc(S(=O)(=O)N[C@@H](C)C(=O)Nc2ccc(Br)cc2)cc1. The Morgan fingerprint density at radius 1 is 1.12 bits per heavy atom. The summed E-state index contributed by atoms with van der Waals surface area (Å²) < 4.78 is 33.3. The lowest BCUT2D eigenvalue weighted by molar-refractivity contribution is -0.117. The average molecular weight is 427 g/mol. The van der Waals surface area contributed by atoms with E-state index in [4.69, 9.17) is 4.74 Å². The first kappa shape index (κ1) is 19.4. The fraction of sp³-hybridized carbons (Fsp3) is 0.235. The summed E-state index contributed by atoms with van der Waals surface area (Å²) in [6, 6.07) is 12.1. The Morgan fingerprint density at radius 3 is 2.28 bits per heavy atom. The first-order valence-electron chi connectivity index (χ1n) is 7.63. The van der Waals surface area contributed by atoms with Crippen molar-refractivity contribution in [2.75, 3.05) is 11.9 Å². The van der Waals surface area contributed by atoms with E-state index < -0.39 is 22.0 Å². The van der Waals surface area contributed by atoms with Gasteiger partial charge < -0.3 is 10.1 Å². The van der Waals surface area contributed by atoms with E-state index in [2.05, 4.69) is 26.0 Å². The van der Waals surface area contributed by atoms with E-state index >= 15 is 0 Å². The van der Waals surface area contributed by atoms with Crippen LogP contribution in [0.25, 0.3) is 0 Å². The summed E-state index contributed by atoms with van der Waals surface area (Å²) in [6.45, 7) is 3.83. The highest BCUT2D eigenvalue weighted by molar-refractivity contribution is 9.10. The highest BCUT2D eigenvalue weighted by Gasteiger charge is 2.22. The second kappa shape index (κ2) is 8.46. The van der Waals surface area contributed by atoms with Crippen LogP contribution in [0.4, 0.5) is 5.69 Å². The third-order valence-electron chi connectivity index (χ3n) is 3.28. The summed E-state index contributed by atoms with van der Waals surface area (Å²) in [6.07, 6.45) is 0. The smallest absolute Gasteiger partial charge is 0.242 e. The maximum Gasteiger partial charge on any atom is 0.242 e. The molecule has 8 heteroatoms. The largest absolute Gasteiger partial charge is 0.494 e. The lowest BCUT2D eigenvalue weighted by atomic mass is 10.3. The molecule has 0 fully saturated rings. The number of benzene rings is 2. The minimum Gasteiger partial charge on any atom is -0.494 e. The quantitative estimate of drug-likeness (QED) is 0.711. The van der Waals surface area contributed by atoms with Crippen molar-refractivity contribution in [3.63, 3.8) is 0 Å². The molecule has 0 saturated heterocycles. The summed E-state index contributed by atoms with van der Waals surface area (Å²) in [5, 5.41) is 2.66. The van der Waals surface area contributed by atoms with E-state index in [0.29, 0.717) is 18.0 Å². The van der Waals surface area contributed by atoms with Gasteiger partial charge in [-0.2, -0.15) is 4.72 Å². The van der Waals surface area contributed by atoms with Gasteiger partial charge in [0.25, 0.3) is 0 Å². The minimum atomic E-state index is -3.81. The Kier molecular flexibility index (Phi) is 6.57. The summed E-state index contributed by atoms with van der Waals surface area (Å²) in [5.41, 5.74) is 0.584. The molecule has 0 heterocycles. The molecular formula is C17H19BrN2O4S. The molecule has 2 N–H and O–H groups in total. The first-order chi connectivity index (χ1) is 11.8. The Hall–Kier alpha value is -1.90. The molecule has 0 bridgehead atoms. The summed E-state index contributed by atoms with van der Waals surface area (Å²) in [7, 11) is -3.81. The van der Waals surface area contributed by atoms with Gasteiger partial charge in [-0.1, -0.05) is 15.9 Å². The standard InChI is InChI=1S/C17H19BrN2O4S/c1-3-24-15-8-10-16(11-9-15)25(22,23)20-12(2)17(21)19-14-6-4-13(18)5-7-14/h4-12,20H,3H2,1-2H3,(H,19,21)/t12-/m0/s1. The van der Waals surface area contributed by atoms with Crippen molar-refractivity contribution < 1.29 is 17.9 Å². The Morgan fingerprint density at radius 2 is 1.72 bits per heavy atom. The highest BCUT2D eigenvalue weighted by atomic mass is 79.9. The number of nitrogens with one attached hydrogen (secondary N) is 2. The van der Waals surface area contributed by atoms with Crippen molar-refractivity contribution in [2.45, 2.75) is 24.8 Å². The second-order valence-corrected chi connectivity index (χ2v) is 7.87. The fourth-order valence-corrected chi connectivity index (χ4v) is 3.49. The number of hydrogen-bond acceptors (Lipinski definition) is 4. The maximum atomic E-state index is 12.4. The monoisotopic (exact) mass is 426 g/mol. The molecule has 0 saturated carbocycles. The van der Waals surface area contributed by atoms with Crippen LogP contribution in [0.15, 0.2) is 57.9 Å². The molecule has 1 atom stereocenters. The van der Waals surface area contributed by atoms with Crippen molar-refractivity contribution in [3.05, 3.63) is 53.0 Å². The molecule has 0 aliphatic heterocycles. The van der Waals surface area contributed by atoms with Crippen LogP contribution in [-0.2, 0) is 14.8 Å². The van der Waals surface area contributed by atoms with Crippen LogP contribution in [0.5, 0.6) is 5.75 Å². The average Bonchev–Trinajstić information content (AvgIpc) is 2.57. The first-order valence-corrected chi connectivity index (χ1v) is 9.91. The summed E-state index contributed by atoms with van der Waals surface area (Å²) >= 11 is 3.31. The van der Waals surface area contributed by atoms with Gasteiger partial charge in [-0.25, -0.2) is 8.42 Å². The van der Waals surface area contributed by atoms with E-state index in [1.165, 1.54) is 19.1 Å². The lowest BCUT2D eigenvalue weighted by Gasteiger charge is -2.15. The number of carbonyl (C=O) groups is 1. The third-order valence-corrected chi connectivity index (χ3v) is 5.37.